The van der Waals surface area contributed by atoms with E-state index in [1.54, 1.807) is 30.4 Å². The molecule has 0 unspecified atom stereocenters. The molecule has 3 rings (SSSR count). The van der Waals surface area contributed by atoms with Crippen molar-refractivity contribution in [1.29, 1.82) is 0 Å². The Morgan fingerprint density at radius 1 is 1.31 bits per heavy atom. The van der Waals surface area contributed by atoms with Gasteiger partial charge in [0.2, 0.25) is 12.2 Å². The van der Waals surface area contributed by atoms with Crippen molar-refractivity contribution >= 4 is 24.2 Å². The number of aliphatic imine (C=N–C) groups is 1. The van der Waals surface area contributed by atoms with Gasteiger partial charge in [-0.1, -0.05) is 30.4 Å². The molecule has 0 radical (unpaired) electrons. The molecule has 29 heavy (non-hydrogen) atoms. The minimum atomic E-state index is -4.69. The van der Waals surface area contributed by atoms with E-state index in [9.17, 15) is 13.2 Å². The summed E-state index contributed by atoms with van der Waals surface area (Å²) >= 11 is 0. The maximum atomic E-state index is 13.5. The zero-order chi connectivity index (χ0) is 21.3. The molecule has 0 fully saturated rings. The maximum Gasteiger partial charge on any atom is 0.451 e. The molecule has 6 nitrogen and oxygen atoms in total. The molecule has 1 heterocycles. The van der Waals surface area contributed by atoms with Crippen molar-refractivity contribution in [3.8, 4) is 0 Å². The number of amides is 1. The number of nitrogens with zero attached hydrogens (tertiary/aromatic N) is 3. The van der Waals surface area contributed by atoms with E-state index < -0.39 is 11.9 Å². The van der Waals surface area contributed by atoms with Gasteiger partial charge in [0, 0.05) is 0 Å². The highest BCUT2D eigenvalue weighted by Gasteiger charge is 2.39. The number of para-hydroxylation sites is 2. The quantitative estimate of drug-likeness (QED) is 0.463. The third-order valence-electron chi connectivity index (χ3n) is 3.81. The summed E-state index contributed by atoms with van der Waals surface area (Å²) in [4.78, 5) is 20.6. The molecule has 1 aromatic heterocycles. The Hall–Kier alpha value is -3.49. The summed E-state index contributed by atoms with van der Waals surface area (Å²) in [5.41, 5.74) is 5.88. The van der Waals surface area contributed by atoms with Crippen LogP contribution >= 0.6 is 0 Å². The maximum absolute atomic E-state index is 13.5. The normalized spacial score (nSPS) is 14.2. The highest BCUT2D eigenvalue weighted by molar-refractivity contribution is 5.73. The lowest BCUT2D eigenvalue weighted by molar-refractivity contribution is -0.134. The summed E-state index contributed by atoms with van der Waals surface area (Å²) in [5, 5.41) is 0. The number of hydrogen-bond donors (Lipinski definition) is 1. The van der Waals surface area contributed by atoms with Crippen molar-refractivity contribution in [2.24, 2.45) is 10.7 Å². The van der Waals surface area contributed by atoms with E-state index in [1.807, 2.05) is 12.1 Å². The van der Waals surface area contributed by atoms with E-state index in [0.717, 1.165) is 0 Å². The number of rotatable bonds is 5. The summed E-state index contributed by atoms with van der Waals surface area (Å²) in [7, 11) is 0. The Balaban J connectivity index is 0.000000941. The number of aromatic nitrogens is 2. The van der Waals surface area contributed by atoms with Crippen LogP contribution in [-0.2, 0) is 16.1 Å². The zero-order valence-electron chi connectivity index (χ0n) is 15.4. The molecule has 0 spiro atoms. The van der Waals surface area contributed by atoms with Gasteiger partial charge in [-0.05, 0) is 37.3 Å². The van der Waals surface area contributed by atoms with Crippen LogP contribution in [0.5, 0.6) is 0 Å². The van der Waals surface area contributed by atoms with Gasteiger partial charge in [-0.25, -0.2) is 4.98 Å². The fraction of sp³-hybridized carbons (Fsp3) is 0.200. The minimum Gasteiger partial charge on any atom is -0.481 e. The van der Waals surface area contributed by atoms with Gasteiger partial charge < -0.3 is 10.5 Å². The first kappa shape index (κ1) is 21.8. The van der Waals surface area contributed by atoms with E-state index in [0.29, 0.717) is 35.1 Å². The predicted octanol–water partition coefficient (Wildman–Crippen LogP) is 4.00. The number of halogens is 3. The second-order valence-electron chi connectivity index (χ2n) is 5.77. The van der Waals surface area contributed by atoms with Gasteiger partial charge >= 0.3 is 6.18 Å². The standard InChI is InChI=1S/C19H16F3N3O.CH3NO/c1-23-17(13-7-3-2-4-8-13)18(19(20,21)22)26-12-14-11-24-15-9-5-6-10-16(15)25-14;2-1-3/h2-3,5-7,9-11H,1,4,8,12H2;1H,(H2,2,3)/b18-17-;. The fourth-order valence-electron chi connectivity index (χ4n) is 2.61. The average molecular weight is 404 g/mol. The summed E-state index contributed by atoms with van der Waals surface area (Å²) in [6.45, 7) is 2.92. The number of nitrogens with two attached hydrogens (primary N) is 1. The third kappa shape index (κ3) is 6.00. The molecule has 0 saturated carbocycles. The summed E-state index contributed by atoms with van der Waals surface area (Å²) in [6, 6.07) is 7.11. The molecule has 9 heteroatoms. The largest absolute Gasteiger partial charge is 0.481 e. The van der Waals surface area contributed by atoms with E-state index in [4.69, 9.17) is 9.53 Å². The summed E-state index contributed by atoms with van der Waals surface area (Å²) in [5.74, 6) is -1.16. The second kappa shape index (κ2) is 10.2. The van der Waals surface area contributed by atoms with Crippen molar-refractivity contribution in [3.05, 3.63) is 71.4 Å². The van der Waals surface area contributed by atoms with Crippen molar-refractivity contribution in [2.75, 3.05) is 0 Å². The van der Waals surface area contributed by atoms with Gasteiger partial charge in [-0.3, -0.25) is 14.8 Å². The summed E-state index contributed by atoms with van der Waals surface area (Å²) in [6.07, 6.45) is 3.23. The number of alkyl halides is 3. The lowest BCUT2D eigenvalue weighted by Crippen LogP contribution is -2.18. The molecular formula is C20H19F3N4O2. The van der Waals surface area contributed by atoms with Crippen molar-refractivity contribution < 1.29 is 22.7 Å². The molecule has 2 aromatic rings. The highest BCUT2D eigenvalue weighted by Crippen LogP contribution is 2.35. The second-order valence-corrected chi connectivity index (χ2v) is 5.77. The van der Waals surface area contributed by atoms with Crippen LogP contribution in [0.25, 0.3) is 11.0 Å². The van der Waals surface area contributed by atoms with E-state index in [-0.39, 0.29) is 18.7 Å². The van der Waals surface area contributed by atoms with Crippen LogP contribution in [0.15, 0.2) is 70.7 Å². The first-order valence-electron chi connectivity index (χ1n) is 8.53. The van der Waals surface area contributed by atoms with Crippen LogP contribution in [0.3, 0.4) is 0 Å². The van der Waals surface area contributed by atoms with Crippen LogP contribution in [-0.4, -0.2) is 29.3 Å². The van der Waals surface area contributed by atoms with Crippen LogP contribution in [0.4, 0.5) is 13.2 Å². The SMILES string of the molecule is C=N/C(C1=CC=CCC1)=C(\OCc1cnc2ccccc2n1)C(F)(F)F.NC=O. The monoisotopic (exact) mass is 404 g/mol. The molecule has 2 N–H and O–H groups in total. The molecule has 0 atom stereocenters. The average Bonchev–Trinajstić information content (AvgIpc) is 2.71. The number of carbonyl (C=O) groups excluding carboxylic acids is 1. The number of hydrogen-bond acceptors (Lipinski definition) is 5. The number of ether oxygens (including phenoxy) is 1. The van der Waals surface area contributed by atoms with E-state index in [1.165, 1.54) is 6.20 Å². The molecule has 1 aromatic carbocycles. The Morgan fingerprint density at radius 2 is 2.00 bits per heavy atom. The molecule has 0 saturated heterocycles. The van der Waals surface area contributed by atoms with Gasteiger partial charge in [0.05, 0.1) is 22.9 Å². The molecule has 1 aliphatic rings. The summed E-state index contributed by atoms with van der Waals surface area (Å²) < 4.78 is 45.6. The van der Waals surface area contributed by atoms with Crippen molar-refractivity contribution in [2.45, 2.75) is 25.6 Å². The number of primary amides is 1. The van der Waals surface area contributed by atoms with Crippen molar-refractivity contribution in [3.63, 3.8) is 0 Å². The molecule has 0 bridgehead atoms. The van der Waals surface area contributed by atoms with Gasteiger partial charge in [0.15, 0.2) is 0 Å². The predicted molar refractivity (Wildman–Crippen MR) is 104 cm³/mol. The van der Waals surface area contributed by atoms with E-state index in [2.05, 4.69) is 27.4 Å². The zero-order valence-corrected chi connectivity index (χ0v) is 15.4. The lowest BCUT2D eigenvalue weighted by atomic mass is 10.0. The Bertz CT molecular complexity index is 966. The van der Waals surface area contributed by atoms with Crippen molar-refractivity contribution in [1.82, 2.24) is 9.97 Å². The Kier molecular flexibility index (Phi) is 7.64. The molecule has 0 aliphatic heterocycles. The first-order chi connectivity index (χ1) is 13.9. The minimum absolute atomic E-state index is 0.250. The first-order valence-corrected chi connectivity index (χ1v) is 8.53. The number of carbonyl (C=O) groups is 1. The molecule has 1 aliphatic carbocycles. The molecular weight excluding hydrogens is 385 g/mol. The highest BCUT2D eigenvalue weighted by atomic mass is 19.4. The van der Waals surface area contributed by atoms with Gasteiger partial charge in [-0.15, -0.1) is 0 Å². The third-order valence-corrected chi connectivity index (χ3v) is 3.81. The number of benzene rings is 1. The number of allylic oxidation sites excluding steroid dienone is 5. The van der Waals surface area contributed by atoms with E-state index >= 15 is 0 Å². The van der Waals surface area contributed by atoms with Gasteiger partial charge in [-0.2, -0.15) is 13.2 Å². The van der Waals surface area contributed by atoms with Gasteiger partial charge in [0.1, 0.15) is 12.3 Å². The van der Waals surface area contributed by atoms with Crippen LogP contribution in [0, 0.1) is 0 Å². The molecule has 1 amide bonds. The molecule has 152 valence electrons. The topological polar surface area (TPSA) is 90.5 Å². The number of fused-ring (bicyclic) bond motifs is 1. The lowest BCUT2D eigenvalue weighted by Gasteiger charge is -2.18. The van der Waals surface area contributed by atoms with Crippen LogP contribution < -0.4 is 5.73 Å². The Morgan fingerprint density at radius 3 is 2.59 bits per heavy atom. The Labute approximate surface area is 165 Å². The smallest absolute Gasteiger partial charge is 0.451 e. The fourth-order valence-corrected chi connectivity index (χ4v) is 2.61. The van der Waals surface area contributed by atoms with Crippen LogP contribution in [0.2, 0.25) is 0 Å². The van der Waals surface area contributed by atoms with Crippen LogP contribution in [0.1, 0.15) is 18.5 Å². The van der Waals surface area contributed by atoms with Gasteiger partial charge in [0.25, 0.3) is 0 Å².